The van der Waals surface area contributed by atoms with Crippen molar-refractivity contribution in [3.05, 3.63) is 29.6 Å². The van der Waals surface area contributed by atoms with E-state index in [2.05, 4.69) is 0 Å². The lowest BCUT2D eigenvalue weighted by atomic mass is 10.1. The number of Topliss-reactive ketones (excluding diaryl/α,β-unsaturated/α-hetero) is 1. The van der Waals surface area contributed by atoms with E-state index in [0.717, 1.165) is 6.07 Å². The van der Waals surface area contributed by atoms with Crippen LogP contribution in [0.3, 0.4) is 0 Å². The maximum atomic E-state index is 12.8. The van der Waals surface area contributed by atoms with Crippen molar-refractivity contribution in [2.75, 3.05) is 13.2 Å². The number of aliphatic hydroxyl groups is 1. The van der Waals surface area contributed by atoms with E-state index in [9.17, 15) is 9.18 Å². The van der Waals surface area contributed by atoms with Gasteiger partial charge in [0, 0.05) is 6.07 Å². The molecule has 1 aromatic rings. The quantitative estimate of drug-likeness (QED) is 0.744. The smallest absolute Gasteiger partial charge is 0.163 e. The number of ether oxygens (including phenoxy) is 1. The second-order valence-electron chi connectivity index (χ2n) is 2.77. The Morgan fingerprint density at radius 1 is 1.57 bits per heavy atom. The summed E-state index contributed by atoms with van der Waals surface area (Å²) in [6, 6.07) is 3.69. The topological polar surface area (TPSA) is 46.5 Å². The second kappa shape index (κ2) is 4.72. The molecule has 0 spiro atoms. The molecule has 1 aromatic carbocycles. The Bertz CT molecular complexity index is 336. The van der Waals surface area contributed by atoms with Crippen molar-refractivity contribution in [1.82, 2.24) is 0 Å². The van der Waals surface area contributed by atoms with Crippen molar-refractivity contribution in [3.63, 3.8) is 0 Å². The number of halogens is 1. The molecule has 0 aliphatic heterocycles. The lowest BCUT2D eigenvalue weighted by Crippen LogP contribution is -2.06. The third-order valence-electron chi connectivity index (χ3n) is 1.67. The van der Waals surface area contributed by atoms with Gasteiger partial charge in [-0.3, -0.25) is 4.79 Å². The lowest BCUT2D eigenvalue weighted by molar-refractivity contribution is 0.101. The molecule has 76 valence electrons. The van der Waals surface area contributed by atoms with Crippen molar-refractivity contribution < 1.29 is 19.0 Å². The highest BCUT2D eigenvalue weighted by atomic mass is 19.1. The van der Waals surface area contributed by atoms with E-state index >= 15 is 0 Å². The standard InChI is InChI=1S/C10H11FO3/c1-7(13)9-3-2-8(11)6-10(9)14-5-4-12/h2-3,6,12H,4-5H2,1H3. The molecule has 0 saturated heterocycles. The van der Waals surface area contributed by atoms with Crippen LogP contribution in [0.2, 0.25) is 0 Å². The monoisotopic (exact) mass is 198 g/mol. The Kier molecular flexibility index (Phi) is 3.59. The molecule has 0 unspecified atom stereocenters. The van der Waals surface area contributed by atoms with E-state index in [0.29, 0.717) is 5.56 Å². The maximum Gasteiger partial charge on any atom is 0.163 e. The molecule has 0 aliphatic rings. The molecule has 0 atom stereocenters. The molecule has 0 bridgehead atoms. The van der Waals surface area contributed by atoms with E-state index < -0.39 is 5.82 Å². The zero-order chi connectivity index (χ0) is 10.6. The molecule has 0 aromatic heterocycles. The number of carbonyl (C=O) groups is 1. The van der Waals surface area contributed by atoms with Gasteiger partial charge >= 0.3 is 0 Å². The number of rotatable bonds is 4. The average Bonchev–Trinajstić information content (AvgIpc) is 2.14. The molecule has 0 radical (unpaired) electrons. The average molecular weight is 198 g/mol. The summed E-state index contributed by atoms with van der Waals surface area (Å²) in [7, 11) is 0. The maximum absolute atomic E-state index is 12.8. The minimum Gasteiger partial charge on any atom is -0.490 e. The van der Waals surface area contributed by atoms with E-state index in [1.165, 1.54) is 19.1 Å². The van der Waals surface area contributed by atoms with Gasteiger partial charge in [-0.15, -0.1) is 0 Å². The number of hydrogen-bond donors (Lipinski definition) is 1. The van der Waals surface area contributed by atoms with Crippen LogP contribution in [0.4, 0.5) is 4.39 Å². The molecule has 4 heteroatoms. The first-order valence-electron chi connectivity index (χ1n) is 4.19. The Morgan fingerprint density at radius 2 is 2.29 bits per heavy atom. The Labute approximate surface area is 81.1 Å². The molecule has 0 saturated carbocycles. The zero-order valence-corrected chi connectivity index (χ0v) is 7.79. The molecule has 3 nitrogen and oxygen atoms in total. The first kappa shape index (κ1) is 10.7. The molecule has 1 rings (SSSR count). The van der Waals surface area contributed by atoms with Crippen molar-refractivity contribution >= 4 is 5.78 Å². The highest BCUT2D eigenvalue weighted by Gasteiger charge is 2.09. The number of aliphatic hydroxyl groups excluding tert-OH is 1. The van der Waals surface area contributed by atoms with Crippen LogP contribution in [0.25, 0.3) is 0 Å². The van der Waals surface area contributed by atoms with Gasteiger partial charge in [-0.1, -0.05) is 0 Å². The van der Waals surface area contributed by atoms with E-state index in [1.54, 1.807) is 0 Å². The molecular formula is C10H11FO3. The highest BCUT2D eigenvalue weighted by Crippen LogP contribution is 2.20. The Hall–Kier alpha value is -1.42. The van der Waals surface area contributed by atoms with Gasteiger partial charge < -0.3 is 9.84 Å². The third kappa shape index (κ3) is 2.53. The van der Waals surface area contributed by atoms with Crippen LogP contribution in [0.15, 0.2) is 18.2 Å². The zero-order valence-electron chi connectivity index (χ0n) is 7.79. The largest absolute Gasteiger partial charge is 0.490 e. The highest BCUT2D eigenvalue weighted by molar-refractivity contribution is 5.96. The predicted molar refractivity (Wildman–Crippen MR) is 49.0 cm³/mol. The molecule has 0 amide bonds. The molecule has 14 heavy (non-hydrogen) atoms. The van der Waals surface area contributed by atoms with Crippen LogP contribution < -0.4 is 4.74 Å². The van der Waals surface area contributed by atoms with E-state index in [-0.39, 0.29) is 24.7 Å². The van der Waals surface area contributed by atoms with Crippen molar-refractivity contribution in [3.8, 4) is 5.75 Å². The third-order valence-corrected chi connectivity index (χ3v) is 1.67. The minimum atomic E-state index is -0.470. The molecule has 0 heterocycles. The molecular weight excluding hydrogens is 187 g/mol. The normalized spacial score (nSPS) is 9.93. The molecule has 0 fully saturated rings. The summed E-state index contributed by atoms with van der Waals surface area (Å²) in [6.45, 7) is 1.25. The number of benzene rings is 1. The molecule has 0 aliphatic carbocycles. The van der Waals surface area contributed by atoms with Crippen LogP contribution >= 0.6 is 0 Å². The van der Waals surface area contributed by atoms with Gasteiger partial charge in [0.1, 0.15) is 18.2 Å². The van der Waals surface area contributed by atoms with Crippen LogP contribution in [0, 0.1) is 5.82 Å². The Balaban J connectivity index is 2.97. The first-order valence-corrected chi connectivity index (χ1v) is 4.19. The number of hydrogen-bond acceptors (Lipinski definition) is 3. The summed E-state index contributed by atoms with van der Waals surface area (Å²) in [5.41, 5.74) is 0.319. The summed E-state index contributed by atoms with van der Waals surface area (Å²) in [5, 5.41) is 8.52. The van der Waals surface area contributed by atoms with Crippen molar-refractivity contribution in [1.29, 1.82) is 0 Å². The van der Waals surface area contributed by atoms with Crippen LogP contribution in [-0.4, -0.2) is 24.1 Å². The van der Waals surface area contributed by atoms with E-state index in [4.69, 9.17) is 9.84 Å². The fourth-order valence-electron chi connectivity index (χ4n) is 1.06. The van der Waals surface area contributed by atoms with Crippen LogP contribution in [0.5, 0.6) is 5.75 Å². The van der Waals surface area contributed by atoms with Crippen molar-refractivity contribution in [2.45, 2.75) is 6.92 Å². The fraction of sp³-hybridized carbons (Fsp3) is 0.300. The second-order valence-corrected chi connectivity index (χ2v) is 2.77. The summed E-state index contributed by atoms with van der Waals surface area (Å²) in [4.78, 5) is 11.1. The SMILES string of the molecule is CC(=O)c1ccc(F)cc1OCCO. The summed E-state index contributed by atoms with van der Waals surface area (Å²) in [5.74, 6) is -0.493. The van der Waals surface area contributed by atoms with E-state index in [1.807, 2.05) is 0 Å². The number of ketones is 1. The predicted octanol–water partition coefficient (Wildman–Crippen LogP) is 1.40. The summed E-state index contributed by atoms with van der Waals surface area (Å²) >= 11 is 0. The van der Waals surface area contributed by atoms with Gasteiger partial charge in [-0.2, -0.15) is 0 Å². The fourth-order valence-corrected chi connectivity index (χ4v) is 1.06. The van der Waals surface area contributed by atoms with Gasteiger partial charge in [0.15, 0.2) is 5.78 Å². The molecule has 1 N–H and O–H groups in total. The van der Waals surface area contributed by atoms with Gasteiger partial charge in [-0.25, -0.2) is 4.39 Å². The number of carbonyl (C=O) groups excluding carboxylic acids is 1. The first-order chi connectivity index (χ1) is 6.65. The van der Waals surface area contributed by atoms with Crippen molar-refractivity contribution in [2.24, 2.45) is 0 Å². The summed E-state index contributed by atoms with van der Waals surface area (Å²) < 4.78 is 17.8. The van der Waals surface area contributed by atoms with Gasteiger partial charge in [-0.05, 0) is 19.1 Å². The minimum absolute atomic E-state index is 0.0454. The van der Waals surface area contributed by atoms with Gasteiger partial charge in [0.25, 0.3) is 0 Å². The lowest BCUT2D eigenvalue weighted by Gasteiger charge is -2.08. The van der Waals surface area contributed by atoms with Gasteiger partial charge in [0.2, 0.25) is 0 Å². The van der Waals surface area contributed by atoms with Gasteiger partial charge in [0.05, 0.1) is 12.2 Å². The Morgan fingerprint density at radius 3 is 2.86 bits per heavy atom. The summed E-state index contributed by atoms with van der Waals surface area (Å²) in [6.07, 6.45) is 0. The van der Waals surface area contributed by atoms with Crippen LogP contribution in [0.1, 0.15) is 17.3 Å². The van der Waals surface area contributed by atoms with Crippen LogP contribution in [-0.2, 0) is 0 Å².